The summed E-state index contributed by atoms with van der Waals surface area (Å²) in [5, 5.41) is 9.97. The van der Waals surface area contributed by atoms with Crippen molar-refractivity contribution >= 4 is 44.7 Å². The molecule has 1 aromatic carbocycles. The highest BCUT2D eigenvalue weighted by Crippen LogP contribution is 2.47. The van der Waals surface area contributed by atoms with Crippen LogP contribution in [0.25, 0.3) is 11.0 Å². The second-order valence-corrected chi connectivity index (χ2v) is 17.5. The number of nitrogens with one attached hydrogen (secondary N) is 3. The molecule has 0 spiro atoms. The van der Waals surface area contributed by atoms with Crippen molar-refractivity contribution < 1.29 is 36.7 Å². The van der Waals surface area contributed by atoms with Gasteiger partial charge in [0.25, 0.3) is 11.8 Å². The van der Waals surface area contributed by atoms with E-state index < -0.39 is 73.9 Å². The number of nitrogens with zero attached hydrogens (tertiary/aromatic N) is 5. The van der Waals surface area contributed by atoms with Crippen molar-refractivity contribution in [3.05, 3.63) is 59.3 Å². The van der Waals surface area contributed by atoms with Gasteiger partial charge in [0.15, 0.2) is 0 Å². The molecule has 0 radical (unpaired) electrons. The van der Waals surface area contributed by atoms with Gasteiger partial charge in [0.2, 0.25) is 27.7 Å². The number of halogens is 1. The Kier molecular flexibility index (Phi) is 9.73. The Balaban J connectivity index is 1.20. The molecule has 288 valence electrons. The molecule has 2 aromatic heterocycles. The van der Waals surface area contributed by atoms with Gasteiger partial charge in [-0.2, -0.15) is 5.10 Å². The highest BCUT2D eigenvalue weighted by Gasteiger charge is 2.63. The molecule has 3 aromatic rings. The summed E-state index contributed by atoms with van der Waals surface area (Å²) >= 11 is 0. The van der Waals surface area contributed by atoms with Crippen LogP contribution in [0.1, 0.15) is 86.6 Å². The SMILES string of the molecule is Cc1nc2ccc(F)cc2nc1O[C@@H]1C[C@H]2C(=O)N[C@]3(C(=O)NS(=O)(=O)C4(C)CC4)C[C@H]3C=CCCCCC[C@H](NC(=O)c3cc(C)n(C)n3)C(=O)N2C1. The highest BCUT2D eigenvalue weighted by molar-refractivity contribution is 7.91. The predicted octanol–water partition coefficient (Wildman–Crippen LogP) is 2.66. The van der Waals surface area contributed by atoms with Crippen LogP contribution >= 0.6 is 0 Å². The Morgan fingerprint density at radius 1 is 1.07 bits per heavy atom. The van der Waals surface area contributed by atoms with E-state index in [1.807, 2.05) is 12.2 Å². The summed E-state index contributed by atoms with van der Waals surface area (Å²) in [6.45, 7) is 4.98. The number of fused-ring (bicyclic) bond motifs is 3. The number of hydrogen-bond donors (Lipinski definition) is 3. The first-order valence-corrected chi connectivity index (χ1v) is 19.9. The molecule has 2 saturated carbocycles. The van der Waals surface area contributed by atoms with E-state index in [4.69, 9.17) is 4.74 Å². The minimum Gasteiger partial charge on any atom is -0.471 e. The number of carbonyl (C=O) groups excluding carboxylic acids is 4. The largest absolute Gasteiger partial charge is 0.471 e. The monoisotopic (exact) mass is 764 g/mol. The van der Waals surface area contributed by atoms with E-state index in [0.29, 0.717) is 43.3 Å². The molecule has 3 N–H and O–H groups in total. The van der Waals surface area contributed by atoms with Gasteiger partial charge >= 0.3 is 0 Å². The van der Waals surface area contributed by atoms with Gasteiger partial charge in [-0.15, -0.1) is 0 Å². The van der Waals surface area contributed by atoms with Crippen LogP contribution in [0.15, 0.2) is 36.4 Å². The number of aryl methyl sites for hydroxylation is 3. The first-order valence-electron chi connectivity index (χ1n) is 18.4. The van der Waals surface area contributed by atoms with E-state index in [1.165, 1.54) is 23.1 Å². The maximum atomic E-state index is 14.5. The van der Waals surface area contributed by atoms with Gasteiger partial charge in [-0.3, -0.25) is 28.6 Å². The third-order valence-corrected chi connectivity index (χ3v) is 13.3. The smallest absolute Gasteiger partial charge is 0.272 e. The van der Waals surface area contributed by atoms with Gasteiger partial charge in [-0.05, 0) is 77.5 Å². The molecule has 0 unspecified atom stereocenters. The lowest BCUT2D eigenvalue weighted by atomic mass is 10.0. The van der Waals surface area contributed by atoms with E-state index in [2.05, 4.69) is 30.4 Å². The maximum Gasteiger partial charge on any atom is 0.272 e. The molecule has 4 heterocycles. The molecule has 15 nitrogen and oxygen atoms in total. The van der Waals surface area contributed by atoms with Crippen molar-refractivity contribution in [1.82, 2.24) is 40.0 Å². The lowest BCUT2D eigenvalue weighted by Gasteiger charge is -2.30. The van der Waals surface area contributed by atoms with Crippen molar-refractivity contribution in [1.29, 1.82) is 0 Å². The molecule has 2 aliphatic heterocycles. The molecular formula is C37H45FN8O7S. The van der Waals surface area contributed by atoms with Gasteiger partial charge < -0.3 is 20.3 Å². The standard InChI is InChI=1S/C37H45FN8O7S/c1-21-16-29(43-45(21)4)31(47)40-27-11-9-7-5-6-8-10-23-19-37(23,35(50)44-54(51,52)36(3)14-15-36)42-32(48)30-18-25(20-46(30)34(27)49)53-33-22(2)39-26-13-12-24(38)17-28(26)41-33/h8,10,12-13,16-17,23,25,27,30H,5-7,9,11,14-15,18-20H2,1-4H3,(H,40,47)(H,42,48)(H,44,50)/t23-,25-,27+,30+,37-/m1/s1. The first-order chi connectivity index (χ1) is 25.6. The predicted molar refractivity (Wildman–Crippen MR) is 194 cm³/mol. The van der Waals surface area contributed by atoms with Crippen molar-refractivity contribution in [2.24, 2.45) is 13.0 Å². The summed E-state index contributed by atoms with van der Waals surface area (Å²) in [6.07, 6.45) is 7.08. The highest BCUT2D eigenvalue weighted by atomic mass is 32.2. The van der Waals surface area contributed by atoms with Crippen LogP contribution in [-0.4, -0.2) is 91.7 Å². The molecule has 4 amide bonds. The van der Waals surface area contributed by atoms with E-state index in [0.717, 1.165) is 18.5 Å². The number of rotatable bonds is 7. The van der Waals surface area contributed by atoms with Crippen molar-refractivity contribution in [2.45, 2.75) is 107 Å². The van der Waals surface area contributed by atoms with Crippen LogP contribution in [0.3, 0.4) is 0 Å². The number of aromatic nitrogens is 4. The van der Waals surface area contributed by atoms with E-state index in [9.17, 15) is 32.0 Å². The molecule has 2 aliphatic carbocycles. The summed E-state index contributed by atoms with van der Waals surface area (Å²) in [6, 6.07) is 3.46. The van der Waals surface area contributed by atoms with Gasteiger partial charge in [-0.25, -0.2) is 22.8 Å². The summed E-state index contributed by atoms with van der Waals surface area (Å²) in [7, 11) is -2.30. The van der Waals surface area contributed by atoms with Gasteiger partial charge in [0.1, 0.15) is 40.9 Å². The lowest BCUT2D eigenvalue weighted by molar-refractivity contribution is -0.141. The van der Waals surface area contributed by atoms with Gasteiger partial charge in [0.05, 0.1) is 22.3 Å². The average molecular weight is 765 g/mol. The zero-order valence-electron chi connectivity index (χ0n) is 30.7. The molecule has 4 aliphatic rings. The fraction of sp³-hybridized carbons (Fsp3) is 0.541. The van der Waals surface area contributed by atoms with E-state index >= 15 is 0 Å². The van der Waals surface area contributed by atoms with Crippen LogP contribution in [0.4, 0.5) is 4.39 Å². The van der Waals surface area contributed by atoms with Crippen molar-refractivity contribution in [3.63, 3.8) is 0 Å². The van der Waals surface area contributed by atoms with Crippen LogP contribution in [0.5, 0.6) is 5.88 Å². The molecule has 1 saturated heterocycles. The molecule has 0 bridgehead atoms. The van der Waals surface area contributed by atoms with Crippen LogP contribution in [-0.2, 0) is 31.5 Å². The summed E-state index contributed by atoms with van der Waals surface area (Å²) in [5.41, 5.74) is 0.494. The zero-order chi connectivity index (χ0) is 38.6. The average Bonchev–Trinajstić information content (AvgIpc) is 3.95. The van der Waals surface area contributed by atoms with E-state index in [-0.39, 0.29) is 36.5 Å². The van der Waals surface area contributed by atoms with Crippen LogP contribution in [0.2, 0.25) is 0 Å². The second-order valence-electron chi connectivity index (χ2n) is 15.3. The third kappa shape index (κ3) is 7.29. The Bertz CT molecular complexity index is 2150. The van der Waals surface area contributed by atoms with Crippen molar-refractivity contribution in [2.75, 3.05) is 6.54 Å². The van der Waals surface area contributed by atoms with Crippen LogP contribution in [0, 0.1) is 25.6 Å². The Hall–Kier alpha value is -4.93. The number of benzene rings is 1. The number of carbonyl (C=O) groups is 4. The number of amides is 4. The molecular weight excluding hydrogens is 720 g/mol. The third-order valence-electron chi connectivity index (χ3n) is 11.2. The maximum absolute atomic E-state index is 14.5. The second kappa shape index (κ2) is 14.0. The van der Waals surface area contributed by atoms with E-state index in [1.54, 1.807) is 38.6 Å². The molecule has 7 rings (SSSR count). The topological polar surface area (TPSA) is 195 Å². The normalized spacial score (nSPS) is 26.9. The van der Waals surface area contributed by atoms with Gasteiger partial charge in [0, 0.05) is 31.1 Å². The fourth-order valence-electron chi connectivity index (χ4n) is 7.22. The minimum absolute atomic E-state index is 0.0193. The molecule has 5 atom stereocenters. The fourth-order valence-corrected chi connectivity index (χ4v) is 8.53. The summed E-state index contributed by atoms with van der Waals surface area (Å²) in [5.74, 6) is -3.41. The minimum atomic E-state index is -4.01. The molecule has 3 fully saturated rings. The first kappa shape index (κ1) is 37.4. The summed E-state index contributed by atoms with van der Waals surface area (Å²) < 4.78 is 49.3. The zero-order valence-corrected chi connectivity index (χ0v) is 31.5. The summed E-state index contributed by atoms with van der Waals surface area (Å²) in [4.78, 5) is 66.5. The Morgan fingerprint density at radius 2 is 1.85 bits per heavy atom. The molecule has 17 heteroatoms. The number of ether oxygens (including phenoxy) is 1. The number of sulfonamides is 1. The van der Waals surface area contributed by atoms with Gasteiger partial charge in [-0.1, -0.05) is 25.0 Å². The Morgan fingerprint density at radius 3 is 2.57 bits per heavy atom. The lowest BCUT2D eigenvalue weighted by Crippen LogP contribution is -2.58. The number of allylic oxidation sites excluding steroid dienone is 1. The van der Waals surface area contributed by atoms with Crippen LogP contribution < -0.4 is 20.1 Å². The molecule has 54 heavy (non-hydrogen) atoms. The number of hydrogen-bond acceptors (Lipinski definition) is 10. The van der Waals surface area contributed by atoms with Crippen molar-refractivity contribution in [3.8, 4) is 5.88 Å². The quantitative estimate of drug-likeness (QED) is 0.301. The Labute approximate surface area is 312 Å².